The number of para-hydroxylation sites is 1. The van der Waals surface area contributed by atoms with Gasteiger partial charge in [0.15, 0.2) is 0 Å². The number of rotatable bonds is 7. The molecule has 1 saturated heterocycles. The number of aromatic carboxylic acids is 1. The lowest BCUT2D eigenvalue weighted by Crippen LogP contribution is -2.65. The van der Waals surface area contributed by atoms with Gasteiger partial charge in [0.05, 0.1) is 24.8 Å². The Morgan fingerprint density at radius 1 is 1.24 bits per heavy atom. The quantitative estimate of drug-likeness (QED) is 0.589. The van der Waals surface area contributed by atoms with Crippen LogP contribution in [0.3, 0.4) is 0 Å². The van der Waals surface area contributed by atoms with Crippen LogP contribution in [-0.2, 0) is 20.5 Å². The maximum absolute atomic E-state index is 13.2. The molecule has 34 heavy (non-hydrogen) atoms. The summed E-state index contributed by atoms with van der Waals surface area (Å²) in [6.45, 7) is 6.82. The predicted octanol–water partition coefficient (Wildman–Crippen LogP) is 3.88. The molecule has 0 radical (unpaired) electrons. The van der Waals surface area contributed by atoms with Crippen molar-refractivity contribution >= 4 is 19.0 Å². The summed E-state index contributed by atoms with van der Waals surface area (Å²) >= 11 is 0. The molecule has 1 aromatic rings. The first-order chi connectivity index (χ1) is 16.1. The van der Waals surface area contributed by atoms with Crippen LogP contribution in [0, 0.1) is 23.2 Å². The van der Waals surface area contributed by atoms with Gasteiger partial charge in [0.2, 0.25) is 5.91 Å². The topological polar surface area (TPSA) is 94.1 Å². The van der Waals surface area contributed by atoms with Crippen molar-refractivity contribution in [3.8, 4) is 5.75 Å². The summed E-state index contributed by atoms with van der Waals surface area (Å²) in [5, 5.41) is 12.8. The second-order valence-electron chi connectivity index (χ2n) is 11.4. The van der Waals surface area contributed by atoms with Crippen LogP contribution in [0.25, 0.3) is 0 Å². The highest BCUT2D eigenvalue weighted by Gasteiger charge is 2.68. The molecule has 184 valence electrons. The third-order valence-electron chi connectivity index (χ3n) is 9.32. The maximum atomic E-state index is 13.2. The molecule has 1 aromatic carbocycles. The molecule has 1 amide bonds. The zero-order chi connectivity index (χ0) is 24.3. The fourth-order valence-electron chi connectivity index (χ4n) is 7.17. The molecule has 0 spiro atoms. The minimum absolute atomic E-state index is 0.00686. The summed E-state index contributed by atoms with van der Waals surface area (Å²) in [7, 11) is 0.888. The van der Waals surface area contributed by atoms with Crippen LogP contribution in [0.2, 0.25) is 0 Å². The monoisotopic (exact) mass is 469 g/mol. The van der Waals surface area contributed by atoms with Crippen LogP contribution in [0.15, 0.2) is 18.2 Å². The van der Waals surface area contributed by atoms with Crippen molar-refractivity contribution in [1.29, 1.82) is 0 Å². The Bertz CT molecular complexity index is 976. The van der Waals surface area contributed by atoms with E-state index in [1.165, 1.54) is 13.2 Å². The first-order valence-corrected chi connectivity index (χ1v) is 12.7. The highest BCUT2D eigenvalue weighted by atomic mass is 16.7. The molecule has 2 N–H and O–H groups in total. The number of hydrogen-bond acceptors (Lipinski definition) is 5. The molecule has 5 fully saturated rings. The zero-order valence-corrected chi connectivity index (χ0v) is 20.6. The average Bonchev–Trinajstić information content (AvgIpc) is 3.45. The molecular weight excluding hydrogens is 433 g/mol. The first kappa shape index (κ1) is 23.7. The molecule has 1 heterocycles. The van der Waals surface area contributed by atoms with Crippen molar-refractivity contribution in [3.05, 3.63) is 29.3 Å². The number of carbonyl (C=O) groups excluding carboxylic acids is 1. The summed E-state index contributed by atoms with van der Waals surface area (Å²) < 4.78 is 18.7. The molecule has 1 aliphatic heterocycles. The largest absolute Gasteiger partial charge is 0.496 e. The van der Waals surface area contributed by atoms with Gasteiger partial charge in [-0.05, 0) is 67.9 Å². The molecule has 6 rings (SSSR count). The summed E-state index contributed by atoms with van der Waals surface area (Å²) in [5.41, 5.74) is 0.672. The van der Waals surface area contributed by atoms with Crippen LogP contribution in [-0.4, -0.2) is 48.9 Å². The Morgan fingerprint density at radius 2 is 1.97 bits per heavy atom. The molecular formula is C26H36BNO6. The fraction of sp³-hybridized carbons (Fsp3) is 0.692. The third kappa shape index (κ3) is 3.74. The number of carboxylic acid groups (broad SMARTS) is 1. The Kier molecular flexibility index (Phi) is 5.96. The van der Waals surface area contributed by atoms with E-state index < -0.39 is 19.0 Å². The number of amides is 1. The van der Waals surface area contributed by atoms with E-state index in [-0.39, 0.29) is 34.5 Å². The summed E-state index contributed by atoms with van der Waals surface area (Å²) in [5.74, 6) is -0.0527. The SMILES string of the molecule is COc1c(CC(NC(=O)C2CCCC2)B2OC3CC4CC(C4(C)C)C3(C)O2)cccc1C(=O)O. The van der Waals surface area contributed by atoms with Gasteiger partial charge in [-0.15, -0.1) is 0 Å². The van der Waals surface area contributed by atoms with Gasteiger partial charge in [-0.3, -0.25) is 4.79 Å². The van der Waals surface area contributed by atoms with Crippen LogP contribution in [0.1, 0.15) is 75.2 Å². The van der Waals surface area contributed by atoms with Crippen LogP contribution < -0.4 is 10.1 Å². The molecule has 2 bridgehead atoms. The first-order valence-electron chi connectivity index (χ1n) is 12.7. The van der Waals surface area contributed by atoms with Crippen LogP contribution in [0.4, 0.5) is 0 Å². The van der Waals surface area contributed by atoms with Gasteiger partial charge in [0, 0.05) is 5.92 Å². The van der Waals surface area contributed by atoms with E-state index in [1.54, 1.807) is 6.07 Å². The van der Waals surface area contributed by atoms with Crippen molar-refractivity contribution < 1.29 is 28.7 Å². The van der Waals surface area contributed by atoms with E-state index >= 15 is 0 Å². The summed E-state index contributed by atoms with van der Waals surface area (Å²) in [6.07, 6.45) is 6.46. The number of nitrogens with one attached hydrogen (secondary N) is 1. The van der Waals surface area contributed by atoms with Crippen molar-refractivity contribution in [2.24, 2.45) is 23.2 Å². The molecule has 5 atom stereocenters. The molecule has 0 aromatic heterocycles. The van der Waals surface area contributed by atoms with Crippen molar-refractivity contribution in [2.45, 2.75) is 83.4 Å². The number of carboxylic acids is 1. The Labute approximate surface area is 202 Å². The Balaban J connectivity index is 1.42. The van der Waals surface area contributed by atoms with E-state index in [0.29, 0.717) is 24.0 Å². The predicted molar refractivity (Wildman–Crippen MR) is 128 cm³/mol. The van der Waals surface area contributed by atoms with Crippen molar-refractivity contribution in [3.63, 3.8) is 0 Å². The van der Waals surface area contributed by atoms with Gasteiger partial charge < -0.3 is 24.5 Å². The molecule has 7 nitrogen and oxygen atoms in total. The maximum Gasteiger partial charge on any atom is 0.482 e. The normalized spacial score (nSPS) is 32.6. The van der Waals surface area contributed by atoms with Gasteiger partial charge in [-0.2, -0.15) is 0 Å². The van der Waals surface area contributed by atoms with Gasteiger partial charge in [-0.1, -0.05) is 38.8 Å². The third-order valence-corrected chi connectivity index (χ3v) is 9.32. The van der Waals surface area contributed by atoms with Gasteiger partial charge in [0.1, 0.15) is 11.3 Å². The second-order valence-corrected chi connectivity index (χ2v) is 11.4. The van der Waals surface area contributed by atoms with Gasteiger partial charge in [0.25, 0.3) is 0 Å². The van der Waals surface area contributed by atoms with Crippen LogP contribution in [0.5, 0.6) is 5.75 Å². The van der Waals surface area contributed by atoms with E-state index in [9.17, 15) is 14.7 Å². The standard InChI is InChI=1S/C26H36BNO6/c1-25(2)17-13-19(25)26(3)20(14-17)33-27(34-26)21(28-23(29)15-8-5-6-9-15)12-16-10-7-11-18(24(30)31)22(16)32-4/h7,10-11,15,17,19-21H,5-6,8-9,12-14H2,1-4H3,(H,28,29)(H,30,31). The van der Waals surface area contributed by atoms with E-state index in [4.69, 9.17) is 14.0 Å². The lowest BCUT2D eigenvalue weighted by atomic mass is 9.43. The number of hydrogen-bond donors (Lipinski definition) is 2. The minimum atomic E-state index is -1.04. The second kappa shape index (κ2) is 8.56. The Hall–Kier alpha value is -2.06. The van der Waals surface area contributed by atoms with Crippen molar-refractivity contribution in [2.75, 3.05) is 7.11 Å². The highest BCUT2D eigenvalue weighted by Crippen LogP contribution is 2.65. The van der Waals surface area contributed by atoms with Gasteiger partial charge in [-0.25, -0.2) is 4.79 Å². The van der Waals surface area contributed by atoms with Crippen LogP contribution >= 0.6 is 0 Å². The molecule has 5 unspecified atom stereocenters. The number of ether oxygens (including phenoxy) is 1. The fourth-order valence-corrected chi connectivity index (χ4v) is 7.17. The number of methoxy groups -OCH3 is 1. The molecule has 4 aliphatic carbocycles. The lowest BCUT2D eigenvalue weighted by molar-refractivity contribution is -0.199. The zero-order valence-electron chi connectivity index (χ0n) is 20.6. The van der Waals surface area contributed by atoms with Gasteiger partial charge >= 0.3 is 13.1 Å². The average molecular weight is 469 g/mol. The highest BCUT2D eigenvalue weighted by molar-refractivity contribution is 6.48. The van der Waals surface area contributed by atoms with E-state index in [0.717, 1.165) is 44.1 Å². The minimum Gasteiger partial charge on any atom is -0.496 e. The van der Waals surface area contributed by atoms with Crippen molar-refractivity contribution in [1.82, 2.24) is 5.32 Å². The number of carbonyl (C=O) groups is 2. The van der Waals surface area contributed by atoms with E-state index in [1.807, 2.05) is 6.07 Å². The molecule has 5 aliphatic rings. The summed E-state index contributed by atoms with van der Waals surface area (Å²) in [6, 6.07) is 5.10. The van der Waals surface area contributed by atoms with E-state index in [2.05, 4.69) is 26.1 Å². The number of benzene rings is 1. The molecule has 4 saturated carbocycles. The smallest absolute Gasteiger partial charge is 0.482 e. The lowest BCUT2D eigenvalue weighted by Gasteiger charge is -2.64. The Morgan fingerprint density at radius 3 is 2.62 bits per heavy atom. The molecule has 8 heteroatoms. The summed E-state index contributed by atoms with van der Waals surface area (Å²) in [4.78, 5) is 24.9.